The van der Waals surface area contributed by atoms with Gasteiger partial charge in [0.05, 0.1) is 5.60 Å². The molecule has 0 radical (unpaired) electrons. The van der Waals surface area contributed by atoms with Gasteiger partial charge in [-0.3, -0.25) is 4.79 Å². The van der Waals surface area contributed by atoms with Crippen LogP contribution in [0.4, 0.5) is 0 Å². The van der Waals surface area contributed by atoms with Crippen LogP contribution in [0, 0.1) is 35.0 Å². The van der Waals surface area contributed by atoms with Gasteiger partial charge >= 0.3 is 0 Å². The van der Waals surface area contributed by atoms with Crippen molar-refractivity contribution in [3.63, 3.8) is 0 Å². The van der Waals surface area contributed by atoms with E-state index in [4.69, 9.17) is 0 Å². The molecule has 0 heterocycles. The Bertz CT molecular complexity index is 754. The molecule has 42 heavy (non-hydrogen) atoms. The molecule has 0 saturated heterocycles. The Hall–Kier alpha value is -0.630. The smallest absolute Gasteiger partial charge is 0.158 e. The highest BCUT2D eigenvalue weighted by Crippen LogP contribution is 2.41. The molecule has 5 unspecified atom stereocenters. The van der Waals surface area contributed by atoms with Crippen LogP contribution in [-0.4, -0.2) is 16.5 Å². The van der Waals surface area contributed by atoms with E-state index in [1.165, 1.54) is 102 Å². The summed E-state index contributed by atoms with van der Waals surface area (Å²) in [5.74, 6) is 4.55. The monoisotopic (exact) mass is 589 g/mol. The number of aliphatic hydroxyl groups is 1. The minimum absolute atomic E-state index is 0.209. The highest BCUT2D eigenvalue weighted by Gasteiger charge is 2.31. The van der Waals surface area contributed by atoms with Crippen LogP contribution >= 0.6 is 0 Å². The summed E-state index contributed by atoms with van der Waals surface area (Å²) < 4.78 is 0. The first kappa shape index (κ1) is 39.4. The molecule has 0 fully saturated rings. The summed E-state index contributed by atoms with van der Waals surface area (Å²) in [5.41, 5.74) is 2.22. The Morgan fingerprint density at radius 1 is 0.643 bits per heavy atom. The zero-order chi connectivity index (χ0) is 31.8. The summed E-state index contributed by atoms with van der Waals surface area (Å²) >= 11 is 0. The van der Waals surface area contributed by atoms with Gasteiger partial charge in [-0.15, -0.1) is 0 Å². The van der Waals surface area contributed by atoms with Crippen LogP contribution in [0.1, 0.15) is 198 Å². The lowest BCUT2D eigenvalue weighted by Crippen LogP contribution is -2.25. The number of allylic oxidation sites excluding steroid dienone is 2. The molecular weight excluding hydrogens is 512 g/mol. The van der Waals surface area contributed by atoms with Gasteiger partial charge in [0.1, 0.15) is 0 Å². The van der Waals surface area contributed by atoms with Gasteiger partial charge in [0, 0.05) is 6.42 Å². The molecule has 1 rings (SSSR count). The molecule has 0 amide bonds. The van der Waals surface area contributed by atoms with Gasteiger partial charge in [-0.1, -0.05) is 150 Å². The maximum absolute atomic E-state index is 12.2. The van der Waals surface area contributed by atoms with E-state index in [1.54, 1.807) is 0 Å². The molecule has 2 heteroatoms. The van der Waals surface area contributed by atoms with E-state index in [2.05, 4.69) is 55.4 Å². The summed E-state index contributed by atoms with van der Waals surface area (Å²) in [4.78, 5) is 12.2. The Morgan fingerprint density at radius 2 is 1.00 bits per heavy atom. The van der Waals surface area contributed by atoms with Crippen molar-refractivity contribution in [2.75, 3.05) is 0 Å². The van der Waals surface area contributed by atoms with Crippen molar-refractivity contribution in [2.24, 2.45) is 35.0 Å². The lowest BCUT2D eigenvalue weighted by Gasteiger charge is -2.34. The number of unbranched alkanes of at least 4 members (excludes halogenated alkanes) is 1. The molecule has 0 aromatic heterocycles. The topological polar surface area (TPSA) is 37.3 Å². The van der Waals surface area contributed by atoms with E-state index in [0.717, 1.165) is 67.3 Å². The second-order valence-corrected chi connectivity index (χ2v) is 16.8. The van der Waals surface area contributed by atoms with E-state index in [1.807, 2.05) is 13.8 Å². The number of Topliss-reactive ketones (excluding diaryl/α,β-unsaturated/α-hetero) is 1. The van der Waals surface area contributed by atoms with Crippen molar-refractivity contribution in [2.45, 2.75) is 203 Å². The largest absolute Gasteiger partial charge is 0.390 e. The minimum atomic E-state index is -0.502. The van der Waals surface area contributed by atoms with Crippen LogP contribution in [0.2, 0.25) is 0 Å². The normalized spacial score (nSPS) is 19.5. The maximum Gasteiger partial charge on any atom is 0.158 e. The van der Waals surface area contributed by atoms with Crippen molar-refractivity contribution >= 4 is 5.78 Å². The average Bonchev–Trinajstić information content (AvgIpc) is 2.88. The van der Waals surface area contributed by atoms with E-state index in [0.29, 0.717) is 5.78 Å². The van der Waals surface area contributed by atoms with Gasteiger partial charge in [-0.25, -0.2) is 0 Å². The summed E-state index contributed by atoms with van der Waals surface area (Å²) in [6, 6.07) is 0. The Labute approximate surface area is 264 Å². The highest BCUT2D eigenvalue weighted by atomic mass is 16.3. The lowest BCUT2D eigenvalue weighted by molar-refractivity contribution is -0.116. The molecule has 0 spiro atoms. The highest BCUT2D eigenvalue weighted by molar-refractivity contribution is 5.96. The molecule has 0 aromatic carbocycles. The zero-order valence-corrected chi connectivity index (χ0v) is 30.4. The summed E-state index contributed by atoms with van der Waals surface area (Å²) in [6.07, 6.45) is 25.5. The number of hydrogen-bond donors (Lipinski definition) is 1. The number of ketones is 1. The molecule has 2 nitrogen and oxygen atoms in total. The molecule has 1 N–H and O–H groups in total. The predicted molar refractivity (Wildman–Crippen MR) is 186 cm³/mol. The van der Waals surface area contributed by atoms with Crippen LogP contribution in [0.25, 0.3) is 0 Å². The fourth-order valence-electron chi connectivity index (χ4n) is 7.39. The van der Waals surface area contributed by atoms with Crippen LogP contribution in [-0.2, 0) is 4.79 Å². The number of carbonyl (C=O) groups excluding carboxylic acids is 1. The first-order valence-electron chi connectivity index (χ1n) is 18.6. The molecule has 1 aliphatic carbocycles. The number of hydrogen-bond acceptors (Lipinski definition) is 2. The number of rotatable bonds is 24. The van der Waals surface area contributed by atoms with Gasteiger partial charge < -0.3 is 5.11 Å². The molecule has 0 aliphatic heterocycles. The zero-order valence-electron chi connectivity index (χ0n) is 30.4. The molecule has 0 saturated carbocycles. The van der Waals surface area contributed by atoms with Crippen molar-refractivity contribution in [1.82, 2.24) is 0 Å². The molecule has 0 bridgehead atoms. The van der Waals surface area contributed by atoms with Crippen molar-refractivity contribution in [3.05, 3.63) is 11.1 Å². The van der Waals surface area contributed by atoms with Gasteiger partial charge in [-0.2, -0.15) is 0 Å². The third kappa shape index (κ3) is 18.2. The quantitative estimate of drug-likeness (QED) is 0.114. The van der Waals surface area contributed by atoms with E-state index in [9.17, 15) is 9.90 Å². The fourth-order valence-corrected chi connectivity index (χ4v) is 7.39. The third-order valence-electron chi connectivity index (χ3n) is 10.9. The Balaban J connectivity index is 2.04. The summed E-state index contributed by atoms with van der Waals surface area (Å²) in [5, 5.41) is 9.88. The van der Waals surface area contributed by atoms with Gasteiger partial charge in [0.15, 0.2) is 5.78 Å². The third-order valence-corrected chi connectivity index (χ3v) is 10.9. The van der Waals surface area contributed by atoms with Crippen LogP contribution < -0.4 is 0 Å². The Kier molecular flexibility index (Phi) is 19.1. The molecular formula is C40H76O2. The first-order valence-corrected chi connectivity index (χ1v) is 18.6. The van der Waals surface area contributed by atoms with E-state index < -0.39 is 5.60 Å². The second kappa shape index (κ2) is 20.4. The van der Waals surface area contributed by atoms with Crippen LogP contribution in [0.15, 0.2) is 11.1 Å². The van der Waals surface area contributed by atoms with Crippen molar-refractivity contribution in [3.8, 4) is 0 Å². The molecule has 5 atom stereocenters. The van der Waals surface area contributed by atoms with Crippen molar-refractivity contribution in [1.29, 1.82) is 0 Å². The lowest BCUT2D eigenvalue weighted by atomic mass is 9.70. The van der Waals surface area contributed by atoms with Gasteiger partial charge in [0.25, 0.3) is 0 Å². The standard InChI is InChI=1S/C40H76O2/c1-31(19-13-21-33(3)22-14-23-34(4)25-16-29-40(9,10)42)17-11-12-18-32(2)20-15-24-35(5)26-27-37-36(6)38(41)28-30-39(37,7)8/h31-35,42H,11-30H2,1-10H3. The SMILES string of the molecule is CC1=C(CCC(C)CCCC(C)CCCCC(C)CCCC(C)CCCC(C)CCCC(C)(C)O)C(C)(C)CCC1=O. The summed E-state index contributed by atoms with van der Waals surface area (Å²) in [7, 11) is 0. The Morgan fingerprint density at radius 3 is 1.40 bits per heavy atom. The minimum Gasteiger partial charge on any atom is -0.390 e. The maximum atomic E-state index is 12.2. The summed E-state index contributed by atoms with van der Waals surface area (Å²) in [6.45, 7) is 22.8. The molecule has 248 valence electrons. The van der Waals surface area contributed by atoms with Gasteiger partial charge in [0.2, 0.25) is 0 Å². The van der Waals surface area contributed by atoms with Crippen molar-refractivity contribution < 1.29 is 9.90 Å². The fraction of sp³-hybridized carbons (Fsp3) is 0.925. The number of carbonyl (C=O) groups is 1. The molecule has 1 aliphatic rings. The molecule has 0 aromatic rings. The predicted octanol–water partition coefficient (Wildman–Crippen LogP) is 12.7. The van der Waals surface area contributed by atoms with Gasteiger partial charge in [-0.05, 0) is 87.0 Å². The average molecular weight is 589 g/mol. The van der Waals surface area contributed by atoms with E-state index >= 15 is 0 Å². The van der Waals surface area contributed by atoms with E-state index in [-0.39, 0.29) is 5.41 Å². The van der Waals surface area contributed by atoms with Crippen LogP contribution in [0.3, 0.4) is 0 Å². The first-order chi connectivity index (χ1) is 19.6. The van der Waals surface area contributed by atoms with Crippen LogP contribution in [0.5, 0.6) is 0 Å². The second-order valence-electron chi connectivity index (χ2n) is 16.8.